The lowest BCUT2D eigenvalue weighted by molar-refractivity contribution is 0.0694. The summed E-state index contributed by atoms with van der Waals surface area (Å²) in [6, 6.07) is 6.94. The molecule has 3 aromatic rings. The first-order chi connectivity index (χ1) is 9.65. The molecule has 0 saturated heterocycles. The summed E-state index contributed by atoms with van der Waals surface area (Å²) in [4.78, 5) is 15.2. The fraction of sp³-hybridized carbons (Fsp3) is 0. The van der Waals surface area contributed by atoms with Crippen molar-refractivity contribution in [2.45, 2.75) is 0 Å². The first-order valence-corrected chi connectivity index (χ1v) is 6.56. The highest BCUT2D eigenvalue weighted by Crippen LogP contribution is 2.32. The second-order valence-corrected chi connectivity index (χ2v) is 4.94. The van der Waals surface area contributed by atoms with Gasteiger partial charge in [0.2, 0.25) is 5.88 Å². The first kappa shape index (κ1) is 12.6. The van der Waals surface area contributed by atoms with E-state index >= 15 is 0 Å². The summed E-state index contributed by atoms with van der Waals surface area (Å²) in [5, 5.41) is 11.7. The zero-order chi connectivity index (χ0) is 14.1. The van der Waals surface area contributed by atoms with Crippen LogP contribution in [-0.2, 0) is 0 Å². The third kappa shape index (κ3) is 2.21. The molecule has 0 aliphatic heterocycles. The highest BCUT2D eigenvalue weighted by Gasteiger charge is 2.15. The number of hydrogen-bond donors (Lipinski definition) is 1. The van der Waals surface area contributed by atoms with Gasteiger partial charge in [0.15, 0.2) is 0 Å². The van der Waals surface area contributed by atoms with Crippen LogP contribution in [0.5, 0.6) is 11.6 Å². The van der Waals surface area contributed by atoms with Gasteiger partial charge in [0.25, 0.3) is 0 Å². The van der Waals surface area contributed by atoms with E-state index in [2.05, 4.69) is 4.98 Å². The molecule has 0 amide bonds. The Hall–Kier alpha value is -2.47. The molecular formula is C14H8FNO3S. The van der Waals surface area contributed by atoms with E-state index in [9.17, 15) is 9.18 Å². The molecule has 0 saturated carbocycles. The summed E-state index contributed by atoms with van der Waals surface area (Å²) in [6.45, 7) is 0. The summed E-state index contributed by atoms with van der Waals surface area (Å²) < 4.78 is 19.7. The summed E-state index contributed by atoms with van der Waals surface area (Å²) in [6.07, 6.45) is 1.56. The monoisotopic (exact) mass is 289 g/mol. The van der Waals surface area contributed by atoms with Gasteiger partial charge in [-0.15, -0.1) is 11.3 Å². The number of hydrogen-bond acceptors (Lipinski definition) is 4. The van der Waals surface area contributed by atoms with Crippen LogP contribution in [0.15, 0.2) is 41.9 Å². The smallest absolute Gasteiger partial charge is 0.339 e. The van der Waals surface area contributed by atoms with Crippen LogP contribution in [0.25, 0.3) is 10.1 Å². The topological polar surface area (TPSA) is 59.4 Å². The van der Waals surface area contributed by atoms with Crippen LogP contribution in [0.1, 0.15) is 10.4 Å². The number of ether oxygens (including phenoxy) is 1. The minimum absolute atomic E-state index is 0.0660. The lowest BCUT2D eigenvalue weighted by Crippen LogP contribution is -2.01. The maximum atomic E-state index is 13.3. The van der Waals surface area contributed by atoms with Crippen molar-refractivity contribution in [3.8, 4) is 11.6 Å². The van der Waals surface area contributed by atoms with E-state index in [1.165, 1.54) is 17.4 Å². The number of aromatic nitrogens is 1. The Labute approximate surface area is 117 Å². The van der Waals surface area contributed by atoms with E-state index in [1.54, 1.807) is 6.20 Å². The molecule has 0 atom stereocenters. The molecule has 3 rings (SSSR count). The van der Waals surface area contributed by atoms with Crippen LogP contribution in [0, 0.1) is 5.82 Å². The van der Waals surface area contributed by atoms with Crippen molar-refractivity contribution in [1.29, 1.82) is 0 Å². The molecule has 0 bridgehead atoms. The second-order valence-electron chi connectivity index (χ2n) is 4.00. The molecule has 0 unspecified atom stereocenters. The van der Waals surface area contributed by atoms with Crippen LogP contribution >= 0.6 is 11.3 Å². The normalized spacial score (nSPS) is 10.7. The molecule has 4 nitrogen and oxygen atoms in total. The van der Waals surface area contributed by atoms with Gasteiger partial charge in [0.1, 0.15) is 17.1 Å². The molecular weight excluding hydrogens is 281 g/mol. The van der Waals surface area contributed by atoms with Crippen LogP contribution in [0.4, 0.5) is 4.39 Å². The lowest BCUT2D eigenvalue weighted by atomic mass is 10.2. The highest BCUT2D eigenvalue weighted by atomic mass is 32.1. The van der Waals surface area contributed by atoms with Gasteiger partial charge >= 0.3 is 5.97 Å². The first-order valence-electron chi connectivity index (χ1n) is 5.68. The third-order valence-electron chi connectivity index (χ3n) is 2.72. The Morgan fingerprint density at radius 3 is 2.95 bits per heavy atom. The molecule has 2 aromatic heterocycles. The molecule has 0 aliphatic carbocycles. The maximum absolute atomic E-state index is 13.3. The lowest BCUT2D eigenvalue weighted by Gasteiger charge is -2.08. The number of pyridine rings is 1. The largest absolute Gasteiger partial charge is 0.478 e. The van der Waals surface area contributed by atoms with E-state index in [1.807, 2.05) is 17.5 Å². The second kappa shape index (κ2) is 4.90. The Morgan fingerprint density at radius 2 is 2.15 bits per heavy atom. The van der Waals surface area contributed by atoms with E-state index < -0.39 is 11.8 Å². The van der Waals surface area contributed by atoms with Gasteiger partial charge in [-0.3, -0.25) is 0 Å². The van der Waals surface area contributed by atoms with E-state index in [4.69, 9.17) is 9.84 Å². The zero-order valence-corrected chi connectivity index (χ0v) is 10.9. The number of halogens is 1. The Kier molecular flexibility index (Phi) is 3.08. The molecule has 1 aromatic carbocycles. The van der Waals surface area contributed by atoms with Crippen molar-refractivity contribution in [3.63, 3.8) is 0 Å². The number of benzene rings is 1. The average Bonchev–Trinajstić information content (AvgIpc) is 2.88. The molecule has 0 aliphatic rings. The van der Waals surface area contributed by atoms with Gasteiger partial charge in [-0.2, -0.15) is 0 Å². The van der Waals surface area contributed by atoms with Crippen molar-refractivity contribution in [2.24, 2.45) is 0 Å². The number of nitrogens with zero attached hydrogens (tertiary/aromatic N) is 1. The number of rotatable bonds is 3. The van der Waals surface area contributed by atoms with Gasteiger partial charge in [-0.1, -0.05) is 0 Å². The van der Waals surface area contributed by atoms with E-state index in [0.717, 1.165) is 22.2 Å². The van der Waals surface area contributed by atoms with Gasteiger partial charge < -0.3 is 9.84 Å². The van der Waals surface area contributed by atoms with Crippen molar-refractivity contribution in [2.75, 3.05) is 0 Å². The number of carboxylic acid groups (broad SMARTS) is 1. The van der Waals surface area contributed by atoms with Crippen molar-refractivity contribution < 1.29 is 19.0 Å². The summed E-state index contributed by atoms with van der Waals surface area (Å²) >= 11 is 1.52. The molecule has 100 valence electrons. The van der Waals surface area contributed by atoms with E-state index in [-0.39, 0.29) is 17.2 Å². The molecule has 0 radical (unpaired) electrons. The number of carboxylic acids is 1. The zero-order valence-electron chi connectivity index (χ0n) is 10.0. The van der Waals surface area contributed by atoms with Crippen LogP contribution < -0.4 is 4.74 Å². The van der Waals surface area contributed by atoms with E-state index in [0.29, 0.717) is 0 Å². The fourth-order valence-corrected chi connectivity index (χ4v) is 2.58. The van der Waals surface area contributed by atoms with Gasteiger partial charge in [0.05, 0.1) is 5.39 Å². The third-order valence-corrected chi connectivity index (χ3v) is 3.61. The summed E-state index contributed by atoms with van der Waals surface area (Å²) in [5.74, 6) is -1.56. The molecule has 0 spiro atoms. The molecule has 20 heavy (non-hydrogen) atoms. The predicted molar refractivity (Wildman–Crippen MR) is 73.1 cm³/mol. The minimum Gasteiger partial charge on any atom is -0.478 e. The number of thiophene rings is 1. The molecule has 6 heteroatoms. The number of fused-ring (bicyclic) bond motifs is 1. The van der Waals surface area contributed by atoms with Crippen molar-refractivity contribution >= 4 is 27.4 Å². The van der Waals surface area contributed by atoms with Crippen LogP contribution in [-0.4, -0.2) is 16.1 Å². The summed E-state index contributed by atoms with van der Waals surface area (Å²) in [5.41, 5.74) is -0.111. The minimum atomic E-state index is -1.18. The van der Waals surface area contributed by atoms with Crippen LogP contribution in [0.3, 0.4) is 0 Å². The highest BCUT2D eigenvalue weighted by molar-refractivity contribution is 7.17. The Morgan fingerprint density at radius 1 is 1.30 bits per heavy atom. The fourth-order valence-electron chi connectivity index (χ4n) is 1.81. The Bertz CT molecular complexity index is 800. The average molecular weight is 289 g/mol. The summed E-state index contributed by atoms with van der Waals surface area (Å²) in [7, 11) is 0. The predicted octanol–water partition coefficient (Wildman–Crippen LogP) is 3.93. The van der Waals surface area contributed by atoms with Crippen molar-refractivity contribution in [1.82, 2.24) is 4.98 Å². The molecule has 1 N–H and O–H groups in total. The standard InChI is InChI=1S/C14H8FNO3S/c15-8-1-2-9(14(17)18)11(7-8)19-13-10-4-6-20-12(10)3-5-16-13/h1-7H,(H,17,18). The van der Waals surface area contributed by atoms with Gasteiger partial charge in [-0.05, 0) is 29.6 Å². The quantitative estimate of drug-likeness (QED) is 0.793. The van der Waals surface area contributed by atoms with Gasteiger partial charge in [0, 0.05) is 17.0 Å². The SMILES string of the molecule is O=C(O)c1ccc(F)cc1Oc1nccc2sccc12. The molecule has 0 fully saturated rings. The van der Waals surface area contributed by atoms with Crippen LogP contribution in [0.2, 0.25) is 0 Å². The number of aromatic carboxylic acids is 1. The Balaban J connectivity index is 2.09. The van der Waals surface area contributed by atoms with Crippen molar-refractivity contribution in [3.05, 3.63) is 53.3 Å². The number of carbonyl (C=O) groups is 1. The maximum Gasteiger partial charge on any atom is 0.339 e. The molecule has 2 heterocycles. The van der Waals surface area contributed by atoms with Gasteiger partial charge in [-0.25, -0.2) is 14.2 Å².